The molecule has 0 saturated carbocycles. The number of nitrogens with zero attached hydrogens (tertiary/aromatic N) is 4. The summed E-state index contributed by atoms with van der Waals surface area (Å²) < 4.78 is 8.93. The van der Waals surface area contributed by atoms with Crippen molar-refractivity contribution in [1.29, 1.82) is 0 Å². The molecule has 98 valence electrons. The Balaban J connectivity index is 1.97. The number of nitrogens with one attached hydrogen (secondary N) is 1. The Kier molecular flexibility index (Phi) is 3.99. The monoisotopic (exact) mass is 249 g/mol. The van der Waals surface area contributed by atoms with E-state index in [-0.39, 0.29) is 0 Å². The Bertz CT molecular complexity index is 502. The maximum atomic E-state index is 5.07. The molecule has 1 N–H and O–H groups in total. The lowest BCUT2D eigenvalue weighted by Gasteiger charge is -2.08. The molecular weight excluding hydrogens is 230 g/mol. The van der Waals surface area contributed by atoms with Gasteiger partial charge < -0.3 is 14.6 Å². The minimum absolute atomic E-state index is 0.678. The number of aromatic nitrogens is 4. The van der Waals surface area contributed by atoms with E-state index in [1.807, 2.05) is 35.6 Å². The Morgan fingerprint density at radius 3 is 2.94 bits per heavy atom. The van der Waals surface area contributed by atoms with Crippen molar-refractivity contribution in [3.8, 4) is 0 Å². The standard InChI is InChI=1S/C12H19N5O/c1-10-11(9-16(2)15-10)8-14-12-13-4-5-17(12)6-7-18-3/h4-5,9H,6-8H2,1-3H3,(H,13,14). The van der Waals surface area contributed by atoms with E-state index in [1.165, 1.54) is 5.56 Å². The molecule has 0 spiro atoms. The molecule has 0 aliphatic heterocycles. The van der Waals surface area contributed by atoms with Crippen molar-refractivity contribution in [1.82, 2.24) is 19.3 Å². The quantitative estimate of drug-likeness (QED) is 0.835. The SMILES string of the molecule is COCCn1ccnc1NCc1cn(C)nc1C. The number of rotatable bonds is 6. The number of aryl methyl sites for hydroxylation is 2. The normalized spacial score (nSPS) is 10.8. The molecule has 2 heterocycles. The molecule has 18 heavy (non-hydrogen) atoms. The summed E-state index contributed by atoms with van der Waals surface area (Å²) in [7, 11) is 3.62. The first-order valence-electron chi connectivity index (χ1n) is 5.93. The zero-order valence-electron chi connectivity index (χ0n) is 11.1. The minimum atomic E-state index is 0.678. The van der Waals surface area contributed by atoms with Crippen LogP contribution in [-0.4, -0.2) is 33.0 Å². The van der Waals surface area contributed by atoms with E-state index in [2.05, 4.69) is 15.4 Å². The summed E-state index contributed by atoms with van der Waals surface area (Å²) >= 11 is 0. The highest BCUT2D eigenvalue weighted by atomic mass is 16.5. The van der Waals surface area contributed by atoms with Gasteiger partial charge in [-0.25, -0.2) is 4.98 Å². The summed E-state index contributed by atoms with van der Waals surface area (Å²) in [6.45, 7) is 4.21. The summed E-state index contributed by atoms with van der Waals surface area (Å²) in [6, 6.07) is 0. The van der Waals surface area contributed by atoms with Crippen LogP contribution in [0.1, 0.15) is 11.3 Å². The summed E-state index contributed by atoms with van der Waals surface area (Å²) in [5.74, 6) is 0.857. The Morgan fingerprint density at radius 1 is 1.44 bits per heavy atom. The number of ether oxygens (including phenoxy) is 1. The van der Waals surface area contributed by atoms with Gasteiger partial charge in [0.1, 0.15) is 0 Å². The van der Waals surface area contributed by atoms with Gasteiger partial charge in [-0.1, -0.05) is 0 Å². The molecule has 2 aromatic rings. The maximum absolute atomic E-state index is 5.07. The van der Waals surface area contributed by atoms with E-state index < -0.39 is 0 Å². The fourth-order valence-electron chi connectivity index (χ4n) is 1.84. The van der Waals surface area contributed by atoms with E-state index in [4.69, 9.17) is 4.74 Å². The van der Waals surface area contributed by atoms with Crippen LogP contribution in [0.2, 0.25) is 0 Å². The molecule has 6 heteroatoms. The van der Waals surface area contributed by atoms with Gasteiger partial charge in [0, 0.05) is 51.4 Å². The summed E-state index contributed by atoms with van der Waals surface area (Å²) in [6.07, 6.45) is 5.75. The Labute approximate surface area is 107 Å². The van der Waals surface area contributed by atoms with Crippen LogP contribution in [0.4, 0.5) is 5.95 Å². The predicted octanol–water partition coefficient (Wildman–Crippen LogP) is 1.18. The van der Waals surface area contributed by atoms with Crippen LogP contribution < -0.4 is 5.32 Å². The molecule has 0 saturated heterocycles. The van der Waals surface area contributed by atoms with Crippen LogP contribution in [0.3, 0.4) is 0 Å². The van der Waals surface area contributed by atoms with Gasteiger partial charge in [0.2, 0.25) is 5.95 Å². The highest BCUT2D eigenvalue weighted by Crippen LogP contribution is 2.09. The van der Waals surface area contributed by atoms with Gasteiger partial charge in [-0.15, -0.1) is 0 Å². The molecule has 0 bridgehead atoms. The van der Waals surface area contributed by atoms with E-state index >= 15 is 0 Å². The average Bonchev–Trinajstić information content (AvgIpc) is 2.90. The van der Waals surface area contributed by atoms with Gasteiger partial charge in [-0.05, 0) is 6.92 Å². The number of methoxy groups -OCH3 is 1. The van der Waals surface area contributed by atoms with Crippen LogP contribution >= 0.6 is 0 Å². The fourth-order valence-corrected chi connectivity index (χ4v) is 1.84. The third-order valence-corrected chi connectivity index (χ3v) is 2.80. The van der Waals surface area contributed by atoms with Gasteiger partial charge in [0.25, 0.3) is 0 Å². The molecule has 0 radical (unpaired) electrons. The molecule has 0 aromatic carbocycles. The number of anilines is 1. The summed E-state index contributed by atoms with van der Waals surface area (Å²) in [5, 5.41) is 7.63. The van der Waals surface area contributed by atoms with Crippen molar-refractivity contribution < 1.29 is 4.74 Å². The van der Waals surface area contributed by atoms with Crippen molar-refractivity contribution >= 4 is 5.95 Å². The molecule has 0 amide bonds. The molecule has 0 unspecified atom stereocenters. The molecule has 0 aliphatic carbocycles. The smallest absolute Gasteiger partial charge is 0.203 e. The van der Waals surface area contributed by atoms with Crippen LogP contribution in [0, 0.1) is 6.92 Å². The topological polar surface area (TPSA) is 56.9 Å². The van der Waals surface area contributed by atoms with Crippen LogP contribution in [0.5, 0.6) is 0 Å². The first kappa shape index (κ1) is 12.6. The third kappa shape index (κ3) is 2.89. The number of imidazole rings is 1. The number of hydrogen-bond donors (Lipinski definition) is 1. The minimum Gasteiger partial charge on any atom is -0.383 e. The molecule has 0 aliphatic rings. The van der Waals surface area contributed by atoms with Crippen molar-refractivity contribution in [3.63, 3.8) is 0 Å². The molecule has 0 fully saturated rings. The lowest BCUT2D eigenvalue weighted by molar-refractivity contribution is 0.187. The molecule has 6 nitrogen and oxygen atoms in total. The van der Waals surface area contributed by atoms with Gasteiger partial charge >= 0.3 is 0 Å². The van der Waals surface area contributed by atoms with Gasteiger partial charge in [0.15, 0.2) is 0 Å². The highest BCUT2D eigenvalue weighted by Gasteiger charge is 2.05. The zero-order chi connectivity index (χ0) is 13.0. The van der Waals surface area contributed by atoms with Crippen molar-refractivity contribution in [2.45, 2.75) is 20.0 Å². The van der Waals surface area contributed by atoms with E-state index in [9.17, 15) is 0 Å². The van der Waals surface area contributed by atoms with Crippen molar-refractivity contribution in [3.05, 3.63) is 29.8 Å². The zero-order valence-corrected chi connectivity index (χ0v) is 11.1. The highest BCUT2D eigenvalue weighted by molar-refractivity contribution is 5.29. The first-order chi connectivity index (χ1) is 8.70. The number of hydrogen-bond acceptors (Lipinski definition) is 4. The molecule has 2 rings (SSSR count). The fraction of sp³-hybridized carbons (Fsp3) is 0.500. The average molecular weight is 249 g/mol. The van der Waals surface area contributed by atoms with E-state index in [0.717, 1.165) is 24.7 Å². The second kappa shape index (κ2) is 5.68. The van der Waals surface area contributed by atoms with Crippen molar-refractivity contribution in [2.75, 3.05) is 19.0 Å². The Morgan fingerprint density at radius 2 is 2.28 bits per heavy atom. The van der Waals surface area contributed by atoms with Crippen LogP contribution in [0.15, 0.2) is 18.6 Å². The lowest BCUT2D eigenvalue weighted by atomic mass is 10.3. The second-order valence-corrected chi connectivity index (χ2v) is 4.20. The van der Waals surface area contributed by atoms with Crippen molar-refractivity contribution in [2.24, 2.45) is 7.05 Å². The van der Waals surface area contributed by atoms with Gasteiger partial charge in [0.05, 0.1) is 12.3 Å². The van der Waals surface area contributed by atoms with Gasteiger partial charge in [-0.3, -0.25) is 4.68 Å². The summed E-state index contributed by atoms with van der Waals surface area (Å²) in [5.41, 5.74) is 2.22. The van der Waals surface area contributed by atoms with Crippen LogP contribution in [0.25, 0.3) is 0 Å². The first-order valence-corrected chi connectivity index (χ1v) is 5.93. The van der Waals surface area contributed by atoms with Crippen LogP contribution in [-0.2, 0) is 24.9 Å². The molecule has 0 atom stereocenters. The predicted molar refractivity (Wildman–Crippen MR) is 69.4 cm³/mol. The maximum Gasteiger partial charge on any atom is 0.203 e. The molecular formula is C12H19N5O. The van der Waals surface area contributed by atoms with E-state index in [0.29, 0.717) is 6.61 Å². The second-order valence-electron chi connectivity index (χ2n) is 4.20. The third-order valence-electron chi connectivity index (χ3n) is 2.80. The lowest BCUT2D eigenvalue weighted by Crippen LogP contribution is -2.10. The summed E-state index contributed by atoms with van der Waals surface area (Å²) in [4.78, 5) is 4.29. The Hall–Kier alpha value is -1.82. The largest absolute Gasteiger partial charge is 0.383 e. The van der Waals surface area contributed by atoms with E-state index in [1.54, 1.807) is 13.3 Å². The van der Waals surface area contributed by atoms with Gasteiger partial charge in [-0.2, -0.15) is 5.10 Å². The molecule has 2 aromatic heterocycles.